The van der Waals surface area contributed by atoms with Crippen molar-refractivity contribution in [2.24, 2.45) is 5.92 Å². The molecule has 3 aromatic carbocycles. The van der Waals surface area contributed by atoms with Crippen LogP contribution in [-0.2, 0) is 36.7 Å². The van der Waals surface area contributed by atoms with Crippen LogP contribution in [0.2, 0.25) is 0 Å². The molecule has 0 N–H and O–H groups in total. The van der Waals surface area contributed by atoms with Gasteiger partial charge in [0, 0.05) is 19.5 Å². The van der Waals surface area contributed by atoms with Crippen molar-refractivity contribution in [3.05, 3.63) is 106 Å². The lowest BCUT2D eigenvalue weighted by Gasteiger charge is -2.49. The number of aryl methyl sites for hydroxylation is 2. The van der Waals surface area contributed by atoms with Gasteiger partial charge in [0.25, 0.3) is 5.91 Å². The second-order valence-electron chi connectivity index (χ2n) is 12.2. The van der Waals surface area contributed by atoms with Gasteiger partial charge in [0.2, 0.25) is 5.91 Å². The third-order valence-electron chi connectivity index (χ3n) is 8.94. The monoisotopic (exact) mass is 614 g/mol. The van der Waals surface area contributed by atoms with E-state index in [1.54, 1.807) is 21.9 Å². The van der Waals surface area contributed by atoms with Gasteiger partial charge < -0.3 is 19.3 Å². The molecule has 238 valence electrons. The van der Waals surface area contributed by atoms with E-state index in [1.165, 1.54) is 24.8 Å². The molecule has 0 radical (unpaired) electrons. The molecular formula is C37H43FN2O5. The van der Waals surface area contributed by atoms with E-state index in [-0.39, 0.29) is 49.0 Å². The molecular weight excluding hydrogens is 571 g/mol. The zero-order valence-electron chi connectivity index (χ0n) is 26.6. The highest BCUT2D eigenvalue weighted by atomic mass is 19.1. The molecule has 8 heteroatoms. The minimum absolute atomic E-state index is 0.178. The number of amides is 2. The second-order valence-corrected chi connectivity index (χ2v) is 12.2. The largest absolute Gasteiger partial charge is 0.469 e. The Morgan fingerprint density at radius 2 is 1.53 bits per heavy atom. The van der Waals surface area contributed by atoms with Crippen LogP contribution in [0.5, 0.6) is 0 Å². The number of hydrogen-bond donors (Lipinski definition) is 0. The molecule has 0 aliphatic carbocycles. The molecule has 4 unspecified atom stereocenters. The summed E-state index contributed by atoms with van der Waals surface area (Å²) in [5.74, 6) is -1.51. The Balaban J connectivity index is 1.59. The number of benzene rings is 3. The number of hydrogen-bond acceptors (Lipinski definition) is 5. The molecule has 2 aliphatic heterocycles. The summed E-state index contributed by atoms with van der Waals surface area (Å²) in [6, 6.07) is 21.1. The van der Waals surface area contributed by atoms with Crippen LogP contribution in [0.1, 0.15) is 73.1 Å². The van der Waals surface area contributed by atoms with Crippen molar-refractivity contribution in [1.82, 2.24) is 9.80 Å². The molecule has 0 spiro atoms. The Morgan fingerprint density at radius 3 is 2.13 bits per heavy atom. The van der Waals surface area contributed by atoms with Gasteiger partial charge in [0.15, 0.2) is 0 Å². The van der Waals surface area contributed by atoms with Gasteiger partial charge in [-0.15, -0.1) is 0 Å². The molecule has 0 bridgehead atoms. The number of ether oxygens (including phenoxy) is 2. The Morgan fingerprint density at radius 1 is 0.911 bits per heavy atom. The molecule has 0 aromatic heterocycles. The van der Waals surface area contributed by atoms with E-state index in [1.807, 2.05) is 50.2 Å². The first-order valence-electron chi connectivity index (χ1n) is 16.0. The predicted octanol–water partition coefficient (Wildman–Crippen LogP) is 6.14. The highest BCUT2D eigenvalue weighted by Crippen LogP contribution is 2.45. The molecule has 4 atom stereocenters. The van der Waals surface area contributed by atoms with Crippen LogP contribution in [0.3, 0.4) is 0 Å². The van der Waals surface area contributed by atoms with Crippen molar-refractivity contribution in [2.45, 2.75) is 77.2 Å². The Hall–Kier alpha value is -4.04. The minimum atomic E-state index is -0.885. The maximum Gasteiger partial charge on any atom is 0.312 e. The summed E-state index contributed by atoms with van der Waals surface area (Å²) in [5, 5.41) is 0. The van der Waals surface area contributed by atoms with Gasteiger partial charge in [-0.05, 0) is 54.2 Å². The summed E-state index contributed by atoms with van der Waals surface area (Å²) in [4.78, 5) is 44.4. The number of carbonyl (C=O) groups excluding carboxylic acids is 3. The normalized spacial score (nSPS) is 20.9. The standard InChI is InChI=1S/C37H43FN2O5/c1-5-7-25-11-17-27(18-12-25)33-34(28-15-9-24(3)10-16-28)45-32(21-26-13-19-30(38)20-14-26)36(42)40(33)31(8-6-2)35(41)39-22-29(23-39)37(43)44-4/h9-20,29,31-34H,5-8,21-23H2,1-4H3. The number of esters is 1. The third kappa shape index (κ3) is 7.12. The zero-order valence-corrected chi connectivity index (χ0v) is 26.6. The molecule has 2 fully saturated rings. The number of likely N-dealkylation sites (tertiary alicyclic amines) is 1. The van der Waals surface area contributed by atoms with E-state index < -0.39 is 24.3 Å². The van der Waals surface area contributed by atoms with E-state index in [9.17, 15) is 18.8 Å². The van der Waals surface area contributed by atoms with Gasteiger partial charge in [-0.3, -0.25) is 14.4 Å². The molecule has 2 aliphatic rings. The van der Waals surface area contributed by atoms with E-state index >= 15 is 0 Å². The maximum absolute atomic E-state index is 14.6. The van der Waals surface area contributed by atoms with Crippen LogP contribution in [0.25, 0.3) is 0 Å². The van der Waals surface area contributed by atoms with Gasteiger partial charge in [-0.2, -0.15) is 0 Å². The van der Waals surface area contributed by atoms with Crippen molar-refractivity contribution in [3.63, 3.8) is 0 Å². The molecule has 2 saturated heterocycles. The average Bonchev–Trinajstić information content (AvgIpc) is 3.02. The first-order chi connectivity index (χ1) is 21.7. The van der Waals surface area contributed by atoms with Gasteiger partial charge in [0.1, 0.15) is 24.1 Å². The first-order valence-corrected chi connectivity index (χ1v) is 16.0. The Labute approximate surface area is 265 Å². The SMILES string of the molecule is CCCc1ccc(C2C(c3ccc(C)cc3)OC(Cc3ccc(F)cc3)C(=O)N2C(CCC)C(=O)N2CC(C(=O)OC)C2)cc1. The molecule has 3 aromatic rings. The van der Waals surface area contributed by atoms with E-state index in [0.717, 1.165) is 35.1 Å². The van der Waals surface area contributed by atoms with Crippen molar-refractivity contribution in [2.75, 3.05) is 20.2 Å². The van der Waals surface area contributed by atoms with Crippen LogP contribution < -0.4 is 0 Å². The van der Waals surface area contributed by atoms with Crippen molar-refractivity contribution in [1.29, 1.82) is 0 Å². The van der Waals surface area contributed by atoms with E-state index in [2.05, 4.69) is 19.1 Å². The summed E-state index contributed by atoms with van der Waals surface area (Å²) in [6.45, 7) is 6.69. The lowest BCUT2D eigenvalue weighted by molar-refractivity contribution is -0.185. The summed E-state index contributed by atoms with van der Waals surface area (Å²) in [6.07, 6.45) is 1.89. The molecule has 45 heavy (non-hydrogen) atoms. The zero-order chi connectivity index (χ0) is 32.1. The third-order valence-corrected chi connectivity index (χ3v) is 8.94. The minimum Gasteiger partial charge on any atom is -0.469 e. The fourth-order valence-corrected chi connectivity index (χ4v) is 6.44. The first kappa shape index (κ1) is 32.4. The predicted molar refractivity (Wildman–Crippen MR) is 170 cm³/mol. The average molecular weight is 615 g/mol. The van der Waals surface area contributed by atoms with Crippen molar-refractivity contribution < 1.29 is 28.2 Å². The van der Waals surface area contributed by atoms with Crippen LogP contribution in [0, 0.1) is 18.7 Å². The van der Waals surface area contributed by atoms with Crippen LogP contribution in [0.15, 0.2) is 72.8 Å². The quantitative estimate of drug-likeness (QED) is 0.243. The molecule has 2 amide bonds. The summed E-state index contributed by atoms with van der Waals surface area (Å²) < 4.78 is 25.4. The van der Waals surface area contributed by atoms with E-state index in [4.69, 9.17) is 9.47 Å². The van der Waals surface area contributed by atoms with Crippen LogP contribution >= 0.6 is 0 Å². The van der Waals surface area contributed by atoms with Crippen LogP contribution in [-0.4, -0.2) is 59.9 Å². The summed E-state index contributed by atoms with van der Waals surface area (Å²) >= 11 is 0. The highest BCUT2D eigenvalue weighted by Gasteiger charge is 2.50. The smallest absolute Gasteiger partial charge is 0.312 e. The number of nitrogens with zero attached hydrogens (tertiary/aromatic N) is 2. The molecule has 0 saturated carbocycles. The fourth-order valence-electron chi connectivity index (χ4n) is 6.44. The van der Waals surface area contributed by atoms with Gasteiger partial charge in [-0.1, -0.05) is 92.9 Å². The number of halogens is 1. The summed E-state index contributed by atoms with van der Waals surface area (Å²) in [5.41, 5.74) is 4.86. The van der Waals surface area contributed by atoms with Gasteiger partial charge >= 0.3 is 5.97 Å². The van der Waals surface area contributed by atoms with Crippen LogP contribution in [0.4, 0.5) is 4.39 Å². The summed E-state index contributed by atoms with van der Waals surface area (Å²) in [7, 11) is 1.35. The lowest BCUT2D eigenvalue weighted by atomic mass is 9.87. The molecule has 7 nitrogen and oxygen atoms in total. The van der Waals surface area contributed by atoms with E-state index in [0.29, 0.717) is 12.8 Å². The van der Waals surface area contributed by atoms with Crippen molar-refractivity contribution >= 4 is 17.8 Å². The number of morpholine rings is 1. The Kier molecular flexibility index (Phi) is 10.3. The highest BCUT2D eigenvalue weighted by molar-refractivity contribution is 5.91. The number of rotatable bonds is 11. The second kappa shape index (κ2) is 14.4. The fraction of sp³-hybridized carbons (Fsp3) is 0.432. The maximum atomic E-state index is 14.6. The van der Waals surface area contributed by atoms with Gasteiger partial charge in [0.05, 0.1) is 19.1 Å². The number of methoxy groups -OCH3 is 1. The lowest BCUT2D eigenvalue weighted by Crippen LogP contribution is -2.63. The molecule has 2 heterocycles. The topological polar surface area (TPSA) is 76.2 Å². The van der Waals surface area contributed by atoms with Gasteiger partial charge in [-0.25, -0.2) is 4.39 Å². The molecule has 5 rings (SSSR count). The number of carbonyl (C=O) groups is 3. The Bertz CT molecular complexity index is 1470. The van der Waals surface area contributed by atoms with Crippen molar-refractivity contribution in [3.8, 4) is 0 Å².